The number of esters is 8. The Balaban J connectivity index is 5.67. The Morgan fingerprint density at radius 1 is 0.292 bits per heavy atom. The molecule has 0 aromatic rings. The van der Waals surface area contributed by atoms with Gasteiger partial charge in [0.05, 0.1) is 49.4 Å². The molecule has 0 spiro atoms. The van der Waals surface area contributed by atoms with Gasteiger partial charge in [0.1, 0.15) is 52.9 Å². The van der Waals surface area contributed by atoms with E-state index in [4.69, 9.17) is 37.9 Å². The Morgan fingerprint density at radius 3 is 0.708 bits per heavy atom. The Hall–Kier alpha value is -4.00. The molecule has 0 N–H and O–H groups in total. The molecule has 0 amide bonds. The van der Waals surface area contributed by atoms with Gasteiger partial charge in [-0.3, -0.25) is 38.4 Å². The molecule has 0 radical (unpaired) electrons. The number of allylic oxidation sites excluding steroid dienone is 8. The molecule has 0 rings (SSSR count). The third-order valence-corrected chi connectivity index (χ3v) is 22.9. The van der Waals surface area contributed by atoms with Gasteiger partial charge in [-0.15, -0.1) is 0 Å². The van der Waals surface area contributed by atoms with Crippen molar-refractivity contribution in [3.8, 4) is 0 Å². The summed E-state index contributed by atoms with van der Waals surface area (Å²) in [5.41, 5.74) is 5.35. The van der Waals surface area contributed by atoms with Crippen molar-refractivity contribution in [3.63, 3.8) is 0 Å². The van der Waals surface area contributed by atoms with Gasteiger partial charge in [0.15, 0.2) is 0 Å². The summed E-state index contributed by atoms with van der Waals surface area (Å²) in [6.45, 7) is 36.6. The second kappa shape index (κ2) is 66.8. The van der Waals surface area contributed by atoms with E-state index >= 15 is 0 Å². The monoisotopic (exact) mass is 1570 g/mol. The average molecular weight is 1570 g/mol. The van der Waals surface area contributed by atoms with Crippen LogP contribution in [0.3, 0.4) is 0 Å². The summed E-state index contributed by atoms with van der Waals surface area (Å²) in [6, 6.07) is 0. The van der Waals surface area contributed by atoms with Crippen LogP contribution in [-0.4, -0.2) is 221 Å². The second-order valence-corrected chi connectivity index (χ2v) is 34.8. The average Bonchev–Trinajstić information content (AvgIpc) is 1.05. The molecule has 0 aliphatic heterocycles. The van der Waals surface area contributed by atoms with E-state index < -0.39 is 23.9 Å². The van der Waals surface area contributed by atoms with E-state index in [0.29, 0.717) is 112 Å². The standard InChI is InChI=1S/C83H147N3O16S4/c1-64(2)24-18-28-68(9)36-56-103-60-72(13)80(91)99-52-48-95-76(87)32-44-85(45-33-77(88)96-49-53-100-81(92)73(14)61-104-57-37-69(10)29-19-25-65(3)4)42-22-40-84(17)41-23-43-86(46-34-78(89)97-50-54-101-82(93)74(15)62-105-58-38-70(11)30-20-26-66(5)6)47-35-79(90)98-51-55-102-83(94)75(16)63-106-59-39-71(12)31-21-27-67(7)8/h24-27,68-75H,18-23,28-63H2,1-17H3. The van der Waals surface area contributed by atoms with Gasteiger partial charge in [-0.2, -0.15) is 47.0 Å². The summed E-state index contributed by atoms with van der Waals surface area (Å²) in [4.78, 5) is 110. The summed E-state index contributed by atoms with van der Waals surface area (Å²) in [5, 5.41) is 0. The fourth-order valence-electron chi connectivity index (χ4n) is 10.6. The fraction of sp³-hybridized carbons (Fsp3) is 0.807. The van der Waals surface area contributed by atoms with E-state index in [1.165, 1.54) is 22.3 Å². The second-order valence-electron chi connectivity index (χ2n) is 30.2. The van der Waals surface area contributed by atoms with Gasteiger partial charge < -0.3 is 52.6 Å². The van der Waals surface area contributed by atoms with E-state index in [1.807, 2.05) is 44.5 Å². The number of thioether (sulfide) groups is 4. The van der Waals surface area contributed by atoms with E-state index in [1.54, 1.807) is 47.0 Å². The van der Waals surface area contributed by atoms with E-state index in [9.17, 15) is 38.4 Å². The van der Waals surface area contributed by atoms with Crippen molar-refractivity contribution in [2.75, 3.05) is 158 Å². The molecule has 0 saturated heterocycles. The third kappa shape index (κ3) is 63.7. The number of rotatable bonds is 68. The van der Waals surface area contributed by atoms with Crippen LogP contribution in [0.5, 0.6) is 0 Å². The Bertz CT molecular complexity index is 2180. The number of carbonyl (C=O) groups excluding carboxylic acids is 8. The minimum absolute atomic E-state index is 0.0440. The summed E-state index contributed by atoms with van der Waals surface area (Å²) in [6.07, 6.45) is 23.9. The lowest BCUT2D eigenvalue weighted by Gasteiger charge is -2.25. The smallest absolute Gasteiger partial charge is 0.309 e. The van der Waals surface area contributed by atoms with Crippen molar-refractivity contribution in [2.45, 2.75) is 226 Å². The quantitative estimate of drug-likeness (QED) is 0.0239. The molecule has 0 fully saturated rings. The van der Waals surface area contributed by atoms with Crippen LogP contribution in [0.15, 0.2) is 46.6 Å². The lowest BCUT2D eigenvalue weighted by molar-refractivity contribution is -0.154. The zero-order valence-electron chi connectivity index (χ0n) is 69.1. The Morgan fingerprint density at radius 2 is 0.500 bits per heavy atom. The van der Waals surface area contributed by atoms with Gasteiger partial charge >= 0.3 is 47.8 Å². The summed E-state index contributed by atoms with van der Waals surface area (Å²) in [7, 11) is 2.01. The first kappa shape index (κ1) is 102. The highest BCUT2D eigenvalue weighted by atomic mass is 32.2. The molecule has 0 heterocycles. The summed E-state index contributed by atoms with van der Waals surface area (Å²) in [5.74, 6) is 4.69. The van der Waals surface area contributed by atoms with Crippen molar-refractivity contribution >= 4 is 94.8 Å². The van der Waals surface area contributed by atoms with E-state index in [-0.39, 0.29) is 126 Å². The zero-order valence-corrected chi connectivity index (χ0v) is 72.4. The molecular formula is C83H147N3O16S4. The van der Waals surface area contributed by atoms with E-state index in [0.717, 1.165) is 100 Å². The van der Waals surface area contributed by atoms with Crippen molar-refractivity contribution in [3.05, 3.63) is 46.6 Å². The Kier molecular flexibility index (Phi) is 64.2. The van der Waals surface area contributed by atoms with Crippen molar-refractivity contribution < 1.29 is 76.3 Å². The van der Waals surface area contributed by atoms with Crippen molar-refractivity contribution in [1.29, 1.82) is 0 Å². The van der Waals surface area contributed by atoms with Gasteiger partial charge in [0.25, 0.3) is 0 Å². The van der Waals surface area contributed by atoms with Crippen LogP contribution in [0, 0.1) is 47.3 Å². The minimum Gasteiger partial charge on any atom is -0.462 e. The fourth-order valence-corrected chi connectivity index (χ4v) is 15.5. The van der Waals surface area contributed by atoms with Crippen LogP contribution >= 0.6 is 47.0 Å². The van der Waals surface area contributed by atoms with Gasteiger partial charge in [-0.1, -0.05) is 102 Å². The molecule has 0 aliphatic rings. The minimum atomic E-state index is -0.455. The number of hydrogen-bond donors (Lipinski definition) is 0. The molecule has 0 aromatic heterocycles. The maximum atomic E-state index is 13.1. The molecule has 0 aliphatic carbocycles. The van der Waals surface area contributed by atoms with Crippen LogP contribution < -0.4 is 0 Å². The molecular weight excluding hydrogens is 1420 g/mol. The summed E-state index contributed by atoms with van der Waals surface area (Å²) < 4.78 is 43.8. The first-order valence-corrected chi connectivity index (χ1v) is 44.4. The molecule has 0 saturated carbocycles. The van der Waals surface area contributed by atoms with Crippen molar-refractivity contribution in [2.24, 2.45) is 47.3 Å². The number of nitrogens with zero attached hydrogens (tertiary/aromatic N) is 3. The lowest BCUT2D eigenvalue weighted by atomic mass is 10.0. The van der Waals surface area contributed by atoms with Crippen LogP contribution in [0.1, 0.15) is 226 Å². The highest BCUT2D eigenvalue weighted by Gasteiger charge is 2.22. The first-order valence-electron chi connectivity index (χ1n) is 39.7. The van der Waals surface area contributed by atoms with Crippen LogP contribution in [0.4, 0.5) is 0 Å². The molecule has 19 nitrogen and oxygen atoms in total. The van der Waals surface area contributed by atoms with Gasteiger partial charge in [0, 0.05) is 49.2 Å². The topological polar surface area (TPSA) is 220 Å². The maximum Gasteiger partial charge on any atom is 0.309 e. The number of hydrogen-bond acceptors (Lipinski definition) is 23. The lowest BCUT2D eigenvalue weighted by Crippen LogP contribution is -2.34. The largest absolute Gasteiger partial charge is 0.462 e. The van der Waals surface area contributed by atoms with Crippen LogP contribution in [0.2, 0.25) is 0 Å². The van der Waals surface area contributed by atoms with Gasteiger partial charge in [-0.05, 0) is 225 Å². The predicted octanol–water partition coefficient (Wildman–Crippen LogP) is 16.8. The molecule has 8 atom stereocenters. The van der Waals surface area contributed by atoms with Gasteiger partial charge in [0.2, 0.25) is 0 Å². The molecule has 0 aromatic carbocycles. The first-order chi connectivity index (χ1) is 50.5. The number of carbonyl (C=O) groups is 8. The number of ether oxygens (including phenoxy) is 8. The summed E-state index contributed by atoms with van der Waals surface area (Å²) >= 11 is 7.00. The molecule has 8 unspecified atom stereocenters. The molecule has 106 heavy (non-hydrogen) atoms. The van der Waals surface area contributed by atoms with Crippen molar-refractivity contribution in [1.82, 2.24) is 14.7 Å². The highest BCUT2D eigenvalue weighted by Crippen LogP contribution is 2.23. The highest BCUT2D eigenvalue weighted by molar-refractivity contribution is 7.99. The zero-order chi connectivity index (χ0) is 79.3. The molecule has 614 valence electrons. The van der Waals surface area contributed by atoms with Crippen LogP contribution in [-0.2, 0) is 76.3 Å². The van der Waals surface area contributed by atoms with Gasteiger partial charge in [-0.25, -0.2) is 0 Å². The predicted molar refractivity (Wildman–Crippen MR) is 441 cm³/mol. The molecule has 23 heteroatoms. The maximum absolute atomic E-state index is 13.1. The normalized spacial score (nSPS) is 13.6. The molecule has 0 bridgehead atoms. The van der Waals surface area contributed by atoms with E-state index in [2.05, 4.69) is 112 Å². The Labute approximate surface area is 660 Å². The SMILES string of the molecule is CC(C)=CCCC(C)CCSCC(C)C(=O)OCCOC(=O)CCN(CCCN(C)CCCN(CCC(=O)OCCOC(=O)C(C)CSCCC(C)CCC=C(C)C)CCC(=O)OCCOC(=O)C(C)CSCCC(C)CCC=C(C)C)CCC(=O)OCCOC(=O)C(C)CSCCC(C)CCC=C(C)C. The third-order valence-electron chi connectivity index (χ3n) is 17.9. The van der Waals surface area contributed by atoms with Crippen LogP contribution in [0.25, 0.3) is 0 Å².